The molecular formula is C10H16N4O. The minimum atomic E-state index is 0.114. The van der Waals surface area contributed by atoms with E-state index in [1.54, 1.807) is 0 Å². The van der Waals surface area contributed by atoms with E-state index < -0.39 is 0 Å². The van der Waals surface area contributed by atoms with Gasteiger partial charge in [0.15, 0.2) is 0 Å². The van der Waals surface area contributed by atoms with Gasteiger partial charge in [0.1, 0.15) is 0 Å². The van der Waals surface area contributed by atoms with Crippen LogP contribution in [0, 0.1) is 0 Å². The molecule has 0 fully saturated rings. The summed E-state index contributed by atoms with van der Waals surface area (Å²) in [6, 6.07) is 0.114. The average Bonchev–Trinajstić information content (AvgIpc) is 2.62. The topological polar surface area (TPSA) is 64.3 Å². The van der Waals surface area contributed by atoms with E-state index in [1.807, 2.05) is 25.1 Å². The smallest absolute Gasteiger partial charge is 0.225 e. The summed E-state index contributed by atoms with van der Waals surface area (Å²) in [6.45, 7) is 3.94. The molecule has 2 rings (SSSR count). The van der Waals surface area contributed by atoms with Crippen LogP contribution in [0.2, 0.25) is 0 Å². The zero-order valence-corrected chi connectivity index (χ0v) is 9.10. The molecule has 1 aromatic heterocycles. The van der Waals surface area contributed by atoms with Gasteiger partial charge in [0, 0.05) is 31.4 Å². The number of anilines is 1. The second-order valence-electron chi connectivity index (χ2n) is 3.99. The van der Waals surface area contributed by atoms with Gasteiger partial charge in [0.05, 0.1) is 18.9 Å². The monoisotopic (exact) mass is 208 g/mol. The predicted molar refractivity (Wildman–Crippen MR) is 57.4 cm³/mol. The summed E-state index contributed by atoms with van der Waals surface area (Å²) in [6.07, 6.45) is 1.84. The van der Waals surface area contributed by atoms with Crippen LogP contribution in [-0.4, -0.2) is 29.6 Å². The van der Waals surface area contributed by atoms with E-state index in [0.29, 0.717) is 13.2 Å². The summed E-state index contributed by atoms with van der Waals surface area (Å²) in [5.74, 6) is 0.719. The van der Waals surface area contributed by atoms with E-state index in [4.69, 9.17) is 10.5 Å². The van der Waals surface area contributed by atoms with E-state index in [0.717, 1.165) is 23.8 Å². The summed E-state index contributed by atoms with van der Waals surface area (Å²) in [5, 5.41) is 0. The Balaban J connectivity index is 2.15. The number of rotatable bonds is 3. The highest BCUT2D eigenvalue weighted by molar-refractivity contribution is 5.33. The number of hydrogen-bond acceptors (Lipinski definition) is 5. The van der Waals surface area contributed by atoms with E-state index in [2.05, 4.69) is 9.97 Å². The standard InChI is InChI=1S/C10H16N4O/c1-7(11)4-14(2)10-12-3-8-5-15-6-9(8)13-10/h3,7H,4-6,11H2,1-2H3. The molecule has 0 spiro atoms. The molecule has 5 heteroatoms. The van der Waals surface area contributed by atoms with Gasteiger partial charge < -0.3 is 15.4 Å². The van der Waals surface area contributed by atoms with Gasteiger partial charge in [-0.05, 0) is 6.92 Å². The van der Waals surface area contributed by atoms with E-state index in [9.17, 15) is 0 Å². The lowest BCUT2D eigenvalue weighted by atomic mass is 10.3. The molecule has 1 unspecified atom stereocenters. The van der Waals surface area contributed by atoms with Crippen LogP contribution in [0.5, 0.6) is 0 Å². The molecule has 0 saturated carbocycles. The van der Waals surface area contributed by atoms with Gasteiger partial charge in [-0.3, -0.25) is 0 Å². The molecule has 5 nitrogen and oxygen atoms in total. The maximum absolute atomic E-state index is 5.72. The Hall–Kier alpha value is -1.20. The maximum Gasteiger partial charge on any atom is 0.225 e. The maximum atomic E-state index is 5.72. The fourth-order valence-corrected chi connectivity index (χ4v) is 1.63. The number of fused-ring (bicyclic) bond motifs is 1. The van der Waals surface area contributed by atoms with Crippen LogP contribution in [0.1, 0.15) is 18.2 Å². The number of hydrogen-bond donors (Lipinski definition) is 1. The van der Waals surface area contributed by atoms with Crippen molar-refractivity contribution in [1.29, 1.82) is 0 Å². The molecule has 1 aliphatic heterocycles. The van der Waals surface area contributed by atoms with Crippen molar-refractivity contribution in [3.05, 3.63) is 17.5 Å². The first-order chi connectivity index (χ1) is 7.16. The van der Waals surface area contributed by atoms with Gasteiger partial charge in [0.25, 0.3) is 0 Å². The number of ether oxygens (including phenoxy) is 1. The van der Waals surface area contributed by atoms with Crippen LogP contribution in [0.15, 0.2) is 6.20 Å². The first-order valence-corrected chi connectivity index (χ1v) is 5.06. The van der Waals surface area contributed by atoms with Gasteiger partial charge in [-0.2, -0.15) is 0 Å². The predicted octanol–water partition coefficient (Wildman–Crippen LogP) is 0.290. The van der Waals surface area contributed by atoms with Crippen molar-refractivity contribution in [2.45, 2.75) is 26.2 Å². The number of aromatic nitrogens is 2. The lowest BCUT2D eigenvalue weighted by molar-refractivity contribution is 0.133. The van der Waals surface area contributed by atoms with Crippen LogP contribution in [0.4, 0.5) is 5.95 Å². The summed E-state index contributed by atoms with van der Waals surface area (Å²) in [7, 11) is 1.95. The second-order valence-corrected chi connectivity index (χ2v) is 3.99. The molecule has 0 amide bonds. The lowest BCUT2D eigenvalue weighted by Gasteiger charge is -2.19. The quantitative estimate of drug-likeness (QED) is 0.773. The highest BCUT2D eigenvalue weighted by Gasteiger charge is 2.15. The molecule has 0 saturated heterocycles. The minimum absolute atomic E-state index is 0.114. The molecule has 1 aliphatic rings. The SMILES string of the molecule is CC(N)CN(C)c1ncc2c(n1)COC2. The Bertz CT molecular complexity index is 353. The number of nitrogens with zero attached hydrogens (tertiary/aromatic N) is 3. The molecule has 1 atom stereocenters. The fourth-order valence-electron chi connectivity index (χ4n) is 1.63. The van der Waals surface area contributed by atoms with Gasteiger partial charge in [-0.25, -0.2) is 9.97 Å². The molecule has 82 valence electrons. The molecular weight excluding hydrogens is 192 g/mol. The van der Waals surface area contributed by atoms with E-state index in [1.165, 1.54) is 0 Å². The summed E-state index contributed by atoms with van der Waals surface area (Å²) >= 11 is 0. The summed E-state index contributed by atoms with van der Waals surface area (Å²) in [4.78, 5) is 10.7. The van der Waals surface area contributed by atoms with Crippen molar-refractivity contribution in [2.75, 3.05) is 18.5 Å². The van der Waals surface area contributed by atoms with Crippen LogP contribution >= 0.6 is 0 Å². The lowest BCUT2D eigenvalue weighted by Crippen LogP contribution is -2.33. The van der Waals surface area contributed by atoms with Gasteiger partial charge >= 0.3 is 0 Å². The van der Waals surface area contributed by atoms with Crippen LogP contribution in [0.3, 0.4) is 0 Å². The van der Waals surface area contributed by atoms with Gasteiger partial charge in [-0.15, -0.1) is 0 Å². The van der Waals surface area contributed by atoms with E-state index in [-0.39, 0.29) is 6.04 Å². The van der Waals surface area contributed by atoms with E-state index >= 15 is 0 Å². The Morgan fingerprint density at radius 2 is 2.40 bits per heavy atom. The number of nitrogens with two attached hydrogens (primary N) is 1. The third-order valence-corrected chi connectivity index (χ3v) is 2.34. The summed E-state index contributed by atoms with van der Waals surface area (Å²) < 4.78 is 5.29. The highest BCUT2D eigenvalue weighted by atomic mass is 16.5. The molecule has 0 bridgehead atoms. The Labute approximate surface area is 89.3 Å². The van der Waals surface area contributed by atoms with Crippen LogP contribution in [0.25, 0.3) is 0 Å². The zero-order valence-electron chi connectivity index (χ0n) is 9.10. The normalized spacial score (nSPS) is 16.2. The van der Waals surface area contributed by atoms with Gasteiger partial charge in [0.2, 0.25) is 5.95 Å². The molecule has 2 heterocycles. The first-order valence-electron chi connectivity index (χ1n) is 5.06. The highest BCUT2D eigenvalue weighted by Crippen LogP contribution is 2.18. The van der Waals surface area contributed by atoms with Crippen molar-refractivity contribution < 1.29 is 4.74 Å². The average molecular weight is 208 g/mol. The van der Waals surface area contributed by atoms with Crippen LogP contribution in [-0.2, 0) is 18.0 Å². The van der Waals surface area contributed by atoms with Crippen molar-refractivity contribution in [2.24, 2.45) is 5.73 Å². The van der Waals surface area contributed by atoms with Crippen LogP contribution < -0.4 is 10.6 Å². The molecule has 2 N–H and O–H groups in total. The largest absolute Gasteiger partial charge is 0.370 e. The van der Waals surface area contributed by atoms with Crippen molar-refractivity contribution in [3.8, 4) is 0 Å². The minimum Gasteiger partial charge on any atom is -0.370 e. The first kappa shape index (κ1) is 10.3. The molecule has 0 radical (unpaired) electrons. The third-order valence-electron chi connectivity index (χ3n) is 2.34. The summed E-state index contributed by atoms with van der Waals surface area (Å²) in [5.41, 5.74) is 7.81. The Morgan fingerprint density at radius 3 is 3.13 bits per heavy atom. The molecule has 0 aromatic carbocycles. The molecule has 0 aliphatic carbocycles. The van der Waals surface area contributed by atoms with Crippen molar-refractivity contribution >= 4 is 5.95 Å². The third kappa shape index (κ3) is 2.24. The Morgan fingerprint density at radius 1 is 1.60 bits per heavy atom. The van der Waals surface area contributed by atoms with Gasteiger partial charge in [-0.1, -0.05) is 0 Å². The molecule has 15 heavy (non-hydrogen) atoms. The fraction of sp³-hybridized carbons (Fsp3) is 0.600. The Kier molecular flexibility index (Phi) is 2.83. The van der Waals surface area contributed by atoms with Crippen molar-refractivity contribution in [3.63, 3.8) is 0 Å². The molecule has 1 aromatic rings. The second kappa shape index (κ2) is 4.12. The van der Waals surface area contributed by atoms with Crippen molar-refractivity contribution in [1.82, 2.24) is 9.97 Å². The zero-order chi connectivity index (χ0) is 10.8. The number of likely N-dealkylation sites (N-methyl/N-ethyl adjacent to an activating group) is 1.